The number of hydrogen-bond acceptors (Lipinski definition) is 4. The molecule has 2 aromatic rings. The molecule has 0 radical (unpaired) electrons. The average molecular weight is 282 g/mol. The highest BCUT2D eigenvalue weighted by Crippen LogP contribution is 2.26. The average Bonchev–Trinajstić information content (AvgIpc) is 2.79. The van der Waals surface area contributed by atoms with Crippen LogP contribution in [0.4, 0.5) is 10.1 Å². The minimum atomic E-state index is -0.604. The zero-order chi connectivity index (χ0) is 14.0. The molecule has 8 heteroatoms. The van der Waals surface area contributed by atoms with Crippen molar-refractivity contribution in [2.45, 2.75) is 0 Å². The number of hydrogen-bond donors (Lipinski definition) is 3. The number of methoxy groups -OCH3 is 1. The van der Waals surface area contributed by atoms with Crippen molar-refractivity contribution in [1.29, 1.82) is 0 Å². The highest BCUT2D eigenvalue weighted by molar-refractivity contribution is 7.80. The number of nitrogens with zero attached hydrogens (tertiary/aromatic N) is 1. The summed E-state index contributed by atoms with van der Waals surface area (Å²) in [7, 11) is 2.89. The molecule has 2 rings (SSSR count). The molecular formula is C11H11FN4O2S. The predicted octanol–water partition coefficient (Wildman–Crippen LogP) is 1.40. The monoisotopic (exact) mass is 282 g/mol. The first-order valence-electron chi connectivity index (χ1n) is 5.31. The van der Waals surface area contributed by atoms with Crippen molar-refractivity contribution in [3.05, 3.63) is 23.6 Å². The second-order valence-electron chi connectivity index (χ2n) is 3.65. The van der Waals surface area contributed by atoms with Gasteiger partial charge >= 0.3 is 5.97 Å². The first-order chi connectivity index (χ1) is 9.06. The molecule has 3 N–H and O–H groups in total. The molecule has 0 fully saturated rings. The van der Waals surface area contributed by atoms with Gasteiger partial charge < -0.3 is 15.4 Å². The van der Waals surface area contributed by atoms with E-state index in [1.54, 1.807) is 7.05 Å². The largest absolute Gasteiger partial charge is 0.465 e. The van der Waals surface area contributed by atoms with Crippen LogP contribution in [-0.2, 0) is 4.74 Å². The smallest absolute Gasteiger partial charge is 0.338 e. The second-order valence-corrected chi connectivity index (χ2v) is 4.06. The SMILES string of the molecule is CNC(=S)Nc1cc(C(=O)OC)cc2n[nH]c(F)c12. The molecule has 6 nitrogen and oxygen atoms in total. The Balaban J connectivity index is 2.59. The number of carbonyl (C=O) groups excluding carboxylic acids is 1. The molecule has 0 aliphatic rings. The van der Waals surface area contributed by atoms with E-state index in [1.807, 2.05) is 0 Å². The number of carbonyl (C=O) groups is 1. The summed E-state index contributed by atoms with van der Waals surface area (Å²) in [5.41, 5.74) is 0.896. The number of esters is 1. The Labute approximate surface area is 113 Å². The van der Waals surface area contributed by atoms with Crippen LogP contribution < -0.4 is 10.6 Å². The van der Waals surface area contributed by atoms with Gasteiger partial charge in [0.15, 0.2) is 5.11 Å². The summed E-state index contributed by atoms with van der Waals surface area (Å²) in [4.78, 5) is 11.5. The van der Waals surface area contributed by atoms with Gasteiger partial charge in [-0.25, -0.2) is 4.79 Å². The van der Waals surface area contributed by atoms with E-state index in [2.05, 4.69) is 25.6 Å². The summed E-state index contributed by atoms with van der Waals surface area (Å²) in [5.74, 6) is -1.14. The lowest BCUT2D eigenvalue weighted by Crippen LogP contribution is -2.24. The maximum absolute atomic E-state index is 13.6. The van der Waals surface area contributed by atoms with Crippen molar-refractivity contribution in [3.63, 3.8) is 0 Å². The fraction of sp³-hybridized carbons (Fsp3) is 0.182. The summed E-state index contributed by atoms with van der Waals surface area (Å²) in [6.07, 6.45) is 0. The summed E-state index contributed by atoms with van der Waals surface area (Å²) < 4.78 is 18.3. The lowest BCUT2D eigenvalue weighted by atomic mass is 10.1. The van der Waals surface area contributed by atoms with E-state index < -0.39 is 11.9 Å². The Morgan fingerprint density at radius 1 is 1.53 bits per heavy atom. The van der Waals surface area contributed by atoms with Crippen LogP contribution in [-0.4, -0.2) is 35.4 Å². The van der Waals surface area contributed by atoms with Gasteiger partial charge in [0.25, 0.3) is 0 Å². The third kappa shape index (κ3) is 2.48. The van der Waals surface area contributed by atoms with Gasteiger partial charge in [-0.1, -0.05) is 0 Å². The van der Waals surface area contributed by atoms with Crippen LogP contribution in [0.1, 0.15) is 10.4 Å². The van der Waals surface area contributed by atoms with Crippen LogP contribution in [0, 0.1) is 5.95 Å². The molecule has 1 aromatic carbocycles. The predicted molar refractivity (Wildman–Crippen MR) is 72.7 cm³/mol. The Kier molecular flexibility index (Phi) is 3.61. The molecule has 0 saturated carbocycles. The summed E-state index contributed by atoms with van der Waals surface area (Å²) in [5, 5.41) is 12.0. The van der Waals surface area contributed by atoms with Gasteiger partial charge in [-0.3, -0.25) is 5.10 Å². The van der Waals surface area contributed by atoms with Crippen molar-refractivity contribution < 1.29 is 13.9 Å². The molecule has 100 valence electrons. The van der Waals surface area contributed by atoms with Crippen LogP contribution in [0.25, 0.3) is 10.9 Å². The number of benzene rings is 1. The fourth-order valence-corrected chi connectivity index (χ4v) is 1.74. The molecule has 0 amide bonds. The molecule has 0 saturated heterocycles. The number of nitrogens with one attached hydrogen (secondary N) is 3. The van der Waals surface area contributed by atoms with E-state index in [0.29, 0.717) is 16.3 Å². The van der Waals surface area contributed by atoms with Gasteiger partial charge in [-0.05, 0) is 24.4 Å². The van der Waals surface area contributed by atoms with Crippen LogP contribution >= 0.6 is 12.2 Å². The highest BCUT2D eigenvalue weighted by Gasteiger charge is 2.16. The minimum absolute atomic E-state index is 0.227. The van der Waals surface area contributed by atoms with E-state index in [0.717, 1.165) is 0 Å². The van der Waals surface area contributed by atoms with Crippen molar-refractivity contribution >= 4 is 39.9 Å². The quantitative estimate of drug-likeness (QED) is 0.571. The van der Waals surface area contributed by atoms with Crippen LogP contribution in [0.2, 0.25) is 0 Å². The standard InChI is InChI=1S/C11H11FN4O2S/c1-13-11(19)14-6-3-5(10(17)18-2)4-7-8(6)9(12)16-15-7/h3-4H,1-2H3,(H,15,16)(H2,13,14,19). The number of aromatic nitrogens is 2. The van der Waals surface area contributed by atoms with E-state index in [4.69, 9.17) is 12.2 Å². The Hall–Kier alpha value is -2.22. The minimum Gasteiger partial charge on any atom is -0.465 e. The third-order valence-corrected chi connectivity index (χ3v) is 2.81. The van der Waals surface area contributed by atoms with E-state index in [1.165, 1.54) is 19.2 Å². The molecule has 0 aliphatic heterocycles. The molecule has 0 atom stereocenters. The molecule has 0 bridgehead atoms. The number of halogens is 1. The molecule has 19 heavy (non-hydrogen) atoms. The Morgan fingerprint density at radius 2 is 2.26 bits per heavy atom. The zero-order valence-electron chi connectivity index (χ0n) is 10.2. The topological polar surface area (TPSA) is 79.0 Å². The first kappa shape index (κ1) is 13.2. The number of thiocarbonyl (C=S) groups is 1. The molecular weight excluding hydrogens is 271 g/mol. The normalized spacial score (nSPS) is 10.3. The lowest BCUT2D eigenvalue weighted by molar-refractivity contribution is 0.0601. The number of anilines is 1. The maximum Gasteiger partial charge on any atom is 0.338 e. The van der Waals surface area contributed by atoms with Crippen molar-refractivity contribution in [1.82, 2.24) is 15.5 Å². The van der Waals surface area contributed by atoms with Crippen molar-refractivity contribution in [2.24, 2.45) is 0 Å². The summed E-state index contributed by atoms with van der Waals surface area (Å²) in [6.45, 7) is 0. The van der Waals surface area contributed by atoms with Gasteiger partial charge in [-0.2, -0.15) is 9.49 Å². The lowest BCUT2D eigenvalue weighted by Gasteiger charge is -2.09. The molecule has 1 heterocycles. The number of fused-ring (bicyclic) bond motifs is 1. The van der Waals surface area contributed by atoms with Gasteiger partial charge in [0.2, 0.25) is 5.95 Å². The number of ether oxygens (including phenoxy) is 1. The maximum atomic E-state index is 13.6. The first-order valence-corrected chi connectivity index (χ1v) is 5.72. The van der Waals surface area contributed by atoms with Crippen LogP contribution in [0.15, 0.2) is 12.1 Å². The van der Waals surface area contributed by atoms with Crippen molar-refractivity contribution in [2.75, 3.05) is 19.5 Å². The molecule has 0 spiro atoms. The summed E-state index contributed by atoms with van der Waals surface area (Å²) in [6, 6.07) is 2.89. The zero-order valence-corrected chi connectivity index (χ0v) is 11.0. The van der Waals surface area contributed by atoms with E-state index in [-0.39, 0.29) is 10.9 Å². The number of rotatable bonds is 2. The van der Waals surface area contributed by atoms with Gasteiger partial charge in [-0.15, -0.1) is 0 Å². The Bertz CT molecular complexity index is 655. The van der Waals surface area contributed by atoms with Crippen LogP contribution in [0.5, 0.6) is 0 Å². The molecule has 1 aromatic heterocycles. The molecule has 0 unspecified atom stereocenters. The molecule has 0 aliphatic carbocycles. The van der Waals surface area contributed by atoms with Gasteiger partial charge in [0, 0.05) is 7.05 Å². The number of H-pyrrole nitrogens is 1. The van der Waals surface area contributed by atoms with Gasteiger partial charge in [0.05, 0.1) is 29.3 Å². The highest BCUT2D eigenvalue weighted by atomic mass is 32.1. The number of aromatic amines is 1. The van der Waals surface area contributed by atoms with E-state index in [9.17, 15) is 9.18 Å². The van der Waals surface area contributed by atoms with Crippen molar-refractivity contribution in [3.8, 4) is 0 Å². The van der Waals surface area contributed by atoms with Gasteiger partial charge in [0.1, 0.15) is 0 Å². The summed E-state index contributed by atoms with van der Waals surface area (Å²) >= 11 is 4.96. The van der Waals surface area contributed by atoms with Crippen LogP contribution in [0.3, 0.4) is 0 Å². The second kappa shape index (κ2) is 5.19. The third-order valence-electron chi connectivity index (χ3n) is 2.51. The fourth-order valence-electron chi connectivity index (χ4n) is 1.63. The van der Waals surface area contributed by atoms with E-state index >= 15 is 0 Å². The Morgan fingerprint density at radius 3 is 2.89 bits per heavy atom.